The molecule has 40 valence electrons. The number of hydrogen-bond acceptors (Lipinski definition) is 2. The van der Waals surface area contributed by atoms with Crippen molar-refractivity contribution in [3.63, 3.8) is 0 Å². The van der Waals surface area contributed by atoms with Crippen LogP contribution in [-0.4, -0.2) is 5.78 Å². The third-order valence-electron chi connectivity index (χ3n) is 0.407. The van der Waals surface area contributed by atoms with Crippen LogP contribution >= 0.6 is 0 Å². The Bertz CT molecular complexity index is 103. The zero-order valence-electron chi connectivity index (χ0n) is 5.39. The average molecular weight is 106 g/mol. The minimum atomic E-state index is -0.187. The molecule has 0 bridgehead atoms. The fourth-order valence-electron chi connectivity index (χ4n) is 0.286. The van der Waals surface area contributed by atoms with Crippen LogP contribution in [0.3, 0.4) is 0 Å². The summed E-state index contributed by atoms with van der Waals surface area (Å²) in [4.78, 5) is 9.98. The molecule has 0 aromatic rings. The van der Waals surface area contributed by atoms with Gasteiger partial charge in [0.15, 0.2) is 5.78 Å². The van der Waals surface area contributed by atoms with Crippen LogP contribution < -0.4 is 24.0 Å². The number of carbonyl (C=O) groups is 1. The molecule has 0 saturated heterocycles. The van der Waals surface area contributed by atoms with Gasteiger partial charge in [0.2, 0.25) is 0 Å². The zero-order valence-corrected chi connectivity index (χ0v) is 5.39. The minimum absolute atomic E-state index is 0. The first-order chi connectivity index (χ1) is 3.13. The second-order valence-corrected chi connectivity index (χ2v) is 1.37. The van der Waals surface area contributed by atoms with E-state index in [0.717, 1.165) is 6.08 Å². The predicted octanol–water partition coefficient (Wildman–Crippen LogP) is -3.16. The van der Waals surface area contributed by atoms with Gasteiger partial charge < -0.3 is 5.11 Å². The van der Waals surface area contributed by atoms with Gasteiger partial charge in [0, 0.05) is 0 Å². The van der Waals surface area contributed by atoms with E-state index in [2.05, 4.69) is 0 Å². The summed E-state index contributed by atoms with van der Waals surface area (Å²) < 4.78 is 0. The summed E-state index contributed by atoms with van der Waals surface area (Å²) in [6.45, 7) is 2.70. The van der Waals surface area contributed by atoms with E-state index in [1.807, 2.05) is 0 Å². The molecule has 0 fully saturated rings. The van der Waals surface area contributed by atoms with Crippen LogP contribution in [0, 0.1) is 0 Å². The van der Waals surface area contributed by atoms with E-state index in [-0.39, 0.29) is 30.4 Å². The molecule has 0 rings (SSSR count). The fraction of sp³-hybridized carbons (Fsp3) is 0.400. The van der Waals surface area contributed by atoms with Crippen LogP contribution in [-0.2, 0) is 4.79 Å². The normalized spacial score (nSPS) is 10.0. The second kappa shape index (κ2) is 4.95. The molecule has 0 aliphatic carbocycles. The van der Waals surface area contributed by atoms with Crippen LogP contribution in [0.25, 0.3) is 0 Å². The molecule has 0 aliphatic heterocycles. The van der Waals surface area contributed by atoms with Crippen molar-refractivity contribution in [2.45, 2.75) is 13.8 Å². The average Bonchev–Trinajstić information content (AvgIpc) is 1.27. The Labute approximate surface area is 60.8 Å². The van der Waals surface area contributed by atoms with Crippen molar-refractivity contribution in [2.24, 2.45) is 0 Å². The Morgan fingerprint density at radius 2 is 1.88 bits per heavy atom. The van der Waals surface area contributed by atoms with Crippen molar-refractivity contribution >= 4 is 5.78 Å². The monoisotopic (exact) mass is 106 g/mol. The van der Waals surface area contributed by atoms with E-state index in [9.17, 15) is 9.90 Å². The van der Waals surface area contributed by atoms with Crippen LogP contribution in [0.5, 0.6) is 0 Å². The molecule has 0 atom stereocenters. The van der Waals surface area contributed by atoms with Gasteiger partial charge in [-0.2, -0.15) is 0 Å². The number of ketones is 1. The molecule has 0 N–H and O–H groups in total. The Hall–Kier alpha value is -0.193. The molecule has 0 aromatic carbocycles. The van der Waals surface area contributed by atoms with Gasteiger partial charge in [-0.1, -0.05) is 6.92 Å². The molecule has 8 heavy (non-hydrogen) atoms. The van der Waals surface area contributed by atoms with Gasteiger partial charge >= 0.3 is 18.9 Å². The molecule has 0 aromatic heterocycles. The fourth-order valence-corrected chi connectivity index (χ4v) is 0.286. The molecule has 0 heterocycles. The molecule has 0 saturated carbocycles. The Balaban J connectivity index is 0. The molecular weight excluding hydrogens is 99.0 g/mol. The van der Waals surface area contributed by atoms with Crippen molar-refractivity contribution in [3.8, 4) is 0 Å². The summed E-state index contributed by atoms with van der Waals surface area (Å²) >= 11 is 0. The molecule has 2 nitrogen and oxygen atoms in total. The van der Waals surface area contributed by atoms with Gasteiger partial charge in [-0.3, -0.25) is 4.79 Å². The predicted molar refractivity (Wildman–Crippen MR) is 24.4 cm³/mol. The van der Waals surface area contributed by atoms with E-state index in [0.29, 0.717) is 0 Å². The molecule has 0 radical (unpaired) electrons. The molecule has 0 spiro atoms. The first kappa shape index (κ1) is 10.7. The zero-order chi connectivity index (χ0) is 5.86. The third kappa shape index (κ3) is 9.26. The summed E-state index contributed by atoms with van der Waals surface area (Å²) in [7, 11) is 0. The van der Waals surface area contributed by atoms with Gasteiger partial charge in [0.25, 0.3) is 0 Å². The maximum Gasteiger partial charge on any atom is 1.00 e. The summed E-state index contributed by atoms with van der Waals surface area (Å²) in [5, 5.41) is 9.98. The van der Waals surface area contributed by atoms with E-state index >= 15 is 0 Å². The Morgan fingerprint density at radius 3 is 1.88 bits per heavy atom. The summed E-state index contributed by atoms with van der Waals surface area (Å²) in [5.41, 5.74) is 0. The van der Waals surface area contributed by atoms with Gasteiger partial charge in [-0.05, 0) is 13.0 Å². The van der Waals surface area contributed by atoms with Gasteiger partial charge in [0.05, 0.1) is 0 Å². The standard InChI is InChI=1S/C5H8O2.Li/c1-4(6)3-5(2)7;/h3,6H,1-2H3;/q;+1/p-1/b4-3+;. The summed E-state index contributed by atoms with van der Waals surface area (Å²) in [6.07, 6.45) is 1.06. The first-order valence-electron chi connectivity index (χ1n) is 1.99. The second-order valence-electron chi connectivity index (χ2n) is 1.37. The molecular formula is C5H7LiO2. The molecule has 0 aliphatic rings. The summed E-state index contributed by atoms with van der Waals surface area (Å²) in [5.74, 6) is -0.375. The first-order valence-corrected chi connectivity index (χ1v) is 1.99. The number of carbonyl (C=O) groups excluding carboxylic acids is 1. The SMILES string of the molecule is CC(=O)/C=C(\C)[O-].[Li+]. The maximum atomic E-state index is 9.98. The van der Waals surface area contributed by atoms with Crippen molar-refractivity contribution in [3.05, 3.63) is 11.8 Å². The quantitative estimate of drug-likeness (QED) is 0.201. The van der Waals surface area contributed by atoms with Crippen LogP contribution in [0.4, 0.5) is 0 Å². The topological polar surface area (TPSA) is 40.1 Å². The number of allylic oxidation sites excluding steroid dienone is 2. The van der Waals surface area contributed by atoms with Crippen molar-refractivity contribution in [2.75, 3.05) is 0 Å². The van der Waals surface area contributed by atoms with Crippen molar-refractivity contribution in [1.82, 2.24) is 0 Å². The molecule has 0 unspecified atom stereocenters. The van der Waals surface area contributed by atoms with Gasteiger partial charge in [-0.15, -0.1) is 5.76 Å². The third-order valence-corrected chi connectivity index (χ3v) is 0.407. The molecule has 0 amide bonds. The van der Waals surface area contributed by atoms with Crippen LogP contribution in [0.1, 0.15) is 13.8 Å². The van der Waals surface area contributed by atoms with Gasteiger partial charge in [-0.25, -0.2) is 0 Å². The minimum Gasteiger partial charge on any atom is -0.876 e. The largest absolute Gasteiger partial charge is 1.00 e. The van der Waals surface area contributed by atoms with Crippen LogP contribution in [0.2, 0.25) is 0 Å². The number of hydrogen-bond donors (Lipinski definition) is 0. The maximum absolute atomic E-state index is 9.98. The van der Waals surface area contributed by atoms with E-state index in [1.54, 1.807) is 0 Å². The Morgan fingerprint density at radius 1 is 1.50 bits per heavy atom. The smallest absolute Gasteiger partial charge is 0.876 e. The van der Waals surface area contributed by atoms with Gasteiger partial charge in [0.1, 0.15) is 0 Å². The van der Waals surface area contributed by atoms with Crippen LogP contribution in [0.15, 0.2) is 11.8 Å². The van der Waals surface area contributed by atoms with Crippen molar-refractivity contribution in [1.29, 1.82) is 0 Å². The van der Waals surface area contributed by atoms with E-state index in [1.165, 1.54) is 13.8 Å². The number of rotatable bonds is 1. The van der Waals surface area contributed by atoms with Crippen molar-refractivity contribution < 1.29 is 28.8 Å². The van der Waals surface area contributed by atoms with E-state index in [4.69, 9.17) is 0 Å². The summed E-state index contributed by atoms with van der Waals surface area (Å²) in [6, 6.07) is 0. The van der Waals surface area contributed by atoms with E-state index < -0.39 is 0 Å². The molecule has 3 heteroatoms. The Kier molecular flexibility index (Phi) is 6.64.